The van der Waals surface area contributed by atoms with Crippen LogP contribution in [0, 0.1) is 6.92 Å². The number of hydrogen-bond acceptors (Lipinski definition) is 4. The van der Waals surface area contributed by atoms with Gasteiger partial charge in [0.15, 0.2) is 6.61 Å². The van der Waals surface area contributed by atoms with Gasteiger partial charge in [-0.15, -0.1) is 0 Å². The first-order valence-electron chi connectivity index (χ1n) is 8.27. The van der Waals surface area contributed by atoms with E-state index in [2.05, 4.69) is 19.2 Å². The number of benzene rings is 2. The van der Waals surface area contributed by atoms with Crippen molar-refractivity contribution in [2.75, 3.05) is 11.9 Å². The smallest absolute Gasteiger partial charge is 0.342 e. The molecule has 2 aromatic rings. The number of phenolic OH excluding ortho intramolecular Hbond substituents is 1. The Morgan fingerprint density at radius 1 is 1.20 bits per heavy atom. The fourth-order valence-corrected chi connectivity index (χ4v) is 2.47. The van der Waals surface area contributed by atoms with Gasteiger partial charge in [-0.3, -0.25) is 4.79 Å². The molecular weight excluding hydrogens is 318 g/mol. The summed E-state index contributed by atoms with van der Waals surface area (Å²) in [6.07, 6.45) is 0.953. The summed E-state index contributed by atoms with van der Waals surface area (Å²) >= 11 is 0. The Balaban J connectivity index is 1.98. The lowest BCUT2D eigenvalue weighted by Crippen LogP contribution is -2.21. The van der Waals surface area contributed by atoms with Gasteiger partial charge in [-0.1, -0.05) is 38.1 Å². The van der Waals surface area contributed by atoms with Crippen molar-refractivity contribution in [3.8, 4) is 5.75 Å². The number of nitrogens with one attached hydrogen (secondary N) is 1. The molecule has 0 fully saturated rings. The Labute approximate surface area is 147 Å². The summed E-state index contributed by atoms with van der Waals surface area (Å²) in [5.74, 6) is -1.00. The van der Waals surface area contributed by atoms with Crippen molar-refractivity contribution in [1.82, 2.24) is 0 Å². The van der Waals surface area contributed by atoms with Crippen LogP contribution in [-0.2, 0) is 9.53 Å². The maximum absolute atomic E-state index is 12.1. The third-order valence-corrected chi connectivity index (χ3v) is 4.09. The van der Waals surface area contributed by atoms with Crippen LogP contribution < -0.4 is 5.32 Å². The molecule has 5 nitrogen and oxygen atoms in total. The van der Waals surface area contributed by atoms with Gasteiger partial charge in [0.2, 0.25) is 0 Å². The van der Waals surface area contributed by atoms with Gasteiger partial charge in [-0.05, 0) is 48.6 Å². The van der Waals surface area contributed by atoms with E-state index >= 15 is 0 Å². The first-order valence-corrected chi connectivity index (χ1v) is 8.27. The zero-order chi connectivity index (χ0) is 18.4. The number of rotatable bonds is 6. The van der Waals surface area contributed by atoms with Crippen molar-refractivity contribution >= 4 is 17.6 Å². The Morgan fingerprint density at radius 3 is 2.60 bits per heavy atom. The van der Waals surface area contributed by atoms with Gasteiger partial charge in [0.25, 0.3) is 5.91 Å². The molecule has 0 aliphatic carbocycles. The molecule has 0 heterocycles. The van der Waals surface area contributed by atoms with E-state index in [4.69, 9.17) is 4.74 Å². The Hall–Kier alpha value is -2.82. The summed E-state index contributed by atoms with van der Waals surface area (Å²) in [6.45, 7) is 5.56. The second-order valence-corrected chi connectivity index (χ2v) is 6.04. The number of carbonyl (C=O) groups excluding carboxylic acids is 2. The van der Waals surface area contributed by atoms with E-state index in [0.717, 1.165) is 23.2 Å². The quantitative estimate of drug-likeness (QED) is 0.779. The van der Waals surface area contributed by atoms with Crippen molar-refractivity contribution in [3.05, 3.63) is 59.2 Å². The van der Waals surface area contributed by atoms with Crippen LogP contribution in [0.25, 0.3) is 0 Å². The lowest BCUT2D eigenvalue weighted by atomic mass is 9.97. The van der Waals surface area contributed by atoms with Gasteiger partial charge in [-0.25, -0.2) is 4.79 Å². The Kier molecular flexibility index (Phi) is 6.17. The van der Waals surface area contributed by atoms with Crippen LogP contribution in [0.3, 0.4) is 0 Å². The molecule has 5 heteroatoms. The van der Waals surface area contributed by atoms with Crippen LogP contribution in [0.5, 0.6) is 5.75 Å². The molecule has 0 spiro atoms. The number of phenols is 1. The molecule has 132 valence electrons. The Bertz CT molecular complexity index is 770. The summed E-state index contributed by atoms with van der Waals surface area (Å²) in [4.78, 5) is 24.1. The highest BCUT2D eigenvalue weighted by atomic mass is 16.5. The predicted octanol–water partition coefficient (Wildman–Crippen LogP) is 4.01. The van der Waals surface area contributed by atoms with Crippen molar-refractivity contribution in [2.24, 2.45) is 0 Å². The van der Waals surface area contributed by atoms with Crippen LogP contribution in [0.15, 0.2) is 42.5 Å². The largest absolute Gasteiger partial charge is 0.507 e. The van der Waals surface area contributed by atoms with Gasteiger partial charge >= 0.3 is 5.97 Å². The highest BCUT2D eigenvalue weighted by molar-refractivity contribution is 5.97. The van der Waals surface area contributed by atoms with Crippen LogP contribution >= 0.6 is 0 Å². The molecule has 0 aliphatic rings. The van der Waals surface area contributed by atoms with Crippen LogP contribution in [0.4, 0.5) is 5.69 Å². The molecule has 1 atom stereocenters. The van der Waals surface area contributed by atoms with E-state index in [1.165, 1.54) is 12.1 Å². The number of aryl methyl sites for hydroxylation is 1. The van der Waals surface area contributed by atoms with Gasteiger partial charge < -0.3 is 15.2 Å². The normalized spacial score (nSPS) is 11.6. The van der Waals surface area contributed by atoms with E-state index in [1.54, 1.807) is 13.0 Å². The average Bonchev–Trinajstić information content (AvgIpc) is 2.59. The topological polar surface area (TPSA) is 75.6 Å². The van der Waals surface area contributed by atoms with Gasteiger partial charge in [0.1, 0.15) is 11.3 Å². The SMILES string of the molecule is CC[C@@H](C)c1ccccc1NC(=O)COC(=O)c1ccc(C)cc1O. The fraction of sp³-hybridized carbons (Fsp3) is 0.300. The zero-order valence-electron chi connectivity index (χ0n) is 14.7. The highest BCUT2D eigenvalue weighted by Gasteiger charge is 2.16. The lowest BCUT2D eigenvalue weighted by Gasteiger charge is -2.15. The molecule has 0 saturated heterocycles. The molecule has 0 aliphatic heterocycles. The molecular formula is C20H23NO4. The molecule has 0 aromatic heterocycles. The summed E-state index contributed by atoms with van der Waals surface area (Å²) in [5.41, 5.74) is 2.63. The highest BCUT2D eigenvalue weighted by Crippen LogP contribution is 2.26. The van der Waals surface area contributed by atoms with Crippen molar-refractivity contribution in [2.45, 2.75) is 33.1 Å². The Morgan fingerprint density at radius 2 is 1.92 bits per heavy atom. The molecule has 25 heavy (non-hydrogen) atoms. The second kappa shape index (κ2) is 8.33. The van der Waals surface area contributed by atoms with Crippen molar-refractivity contribution in [3.63, 3.8) is 0 Å². The van der Waals surface area contributed by atoms with Gasteiger partial charge in [0, 0.05) is 5.69 Å². The van der Waals surface area contributed by atoms with E-state index in [1.807, 2.05) is 24.3 Å². The molecule has 0 saturated carbocycles. The average molecular weight is 341 g/mol. The van der Waals surface area contributed by atoms with Gasteiger partial charge in [0.05, 0.1) is 0 Å². The van der Waals surface area contributed by atoms with Crippen LogP contribution in [0.1, 0.15) is 47.7 Å². The monoisotopic (exact) mass is 341 g/mol. The molecule has 2 rings (SSSR count). The number of aromatic hydroxyl groups is 1. The minimum atomic E-state index is -0.733. The second-order valence-electron chi connectivity index (χ2n) is 6.04. The lowest BCUT2D eigenvalue weighted by molar-refractivity contribution is -0.119. The number of carbonyl (C=O) groups is 2. The summed E-state index contributed by atoms with van der Waals surface area (Å²) in [5, 5.41) is 12.6. The minimum absolute atomic E-state index is 0.0402. The number of anilines is 1. The number of ether oxygens (including phenoxy) is 1. The van der Waals surface area contributed by atoms with Gasteiger partial charge in [-0.2, -0.15) is 0 Å². The maximum atomic E-state index is 12.1. The number of esters is 1. The maximum Gasteiger partial charge on any atom is 0.342 e. The van der Waals surface area contributed by atoms with Crippen LogP contribution in [0.2, 0.25) is 0 Å². The third-order valence-electron chi connectivity index (χ3n) is 4.09. The first kappa shape index (κ1) is 18.5. The predicted molar refractivity (Wildman–Crippen MR) is 96.9 cm³/mol. The molecule has 2 aromatic carbocycles. The number of amides is 1. The van der Waals surface area contributed by atoms with Crippen molar-refractivity contribution < 1.29 is 19.4 Å². The van der Waals surface area contributed by atoms with E-state index in [0.29, 0.717) is 5.92 Å². The molecule has 0 bridgehead atoms. The standard InChI is InChI=1S/C20H23NO4/c1-4-14(3)15-7-5-6-8-17(15)21-19(23)12-25-20(24)16-10-9-13(2)11-18(16)22/h5-11,14,22H,4,12H2,1-3H3,(H,21,23)/t14-/m1/s1. The molecule has 0 unspecified atom stereocenters. The molecule has 2 N–H and O–H groups in total. The first-order chi connectivity index (χ1) is 11.9. The molecule has 0 radical (unpaired) electrons. The molecule has 1 amide bonds. The summed E-state index contributed by atoms with van der Waals surface area (Å²) in [6, 6.07) is 12.2. The number of para-hydroxylation sites is 1. The number of hydrogen-bond donors (Lipinski definition) is 2. The fourth-order valence-electron chi connectivity index (χ4n) is 2.47. The third kappa shape index (κ3) is 4.83. The summed E-state index contributed by atoms with van der Waals surface area (Å²) < 4.78 is 5.00. The summed E-state index contributed by atoms with van der Waals surface area (Å²) in [7, 11) is 0. The minimum Gasteiger partial charge on any atom is -0.507 e. The van der Waals surface area contributed by atoms with E-state index < -0.39 is 18.5 Å². The zero-order valence-corrected chi connectivity index (χ0v) is 14.7. The van der Waals surface area contributed by atoms with Crippen LogP contribution in [-0.4, -0.2) is 23.6 Å². The van der Waals surface area contributed by atoms with E-state index in [-0.39, 0.29) is 11.3 Å². The van der Waals surface area contributed by atoms with E-state index in [9.17, 15) is 14.7 Å². The van der Waals surface area contributed by atoms with Crippen molar-refractivity contribution in [1.29, 1.82) is 0 Å².